The van der Waals surface area contributed by atoms with Gasteiger partial charge in [-0.15, -0.1) is 0 Å². The molecule has 0 aliphatic heterocycles. The van der Waals surface area contributed by atoms with E-state index in [1.165, 1.54) is 22.6 Å². The molecule has 1 aromatic carbocycles. The number of hydrogen-bond donors (Lipinski definition) is 2. The highest BCUT2D eigenvalue weighted by atomic mass is 16.4. The second-order valence-electron chi connectivity index (χ2n) is 4.17. The van der Waals surface area contributed by atoms with E-state index in [0.29, 0.717) is 5.65 Å². The molecule has 94 valence electrons. The van der Waals surface area contributed by atoms with Crippen molar-refractivity contribution in [1.82, 2.24) is 9.38 Å². The first-order chi connectivity index (χ1) is 9.15. The van der Waals surface area contributed by atoms with Crippen LogP contribution < -0.4 is 5.56 Å². The molecule has 0 atom stereocenters. The van der Waals surface area contributed by atoms with Gasteiger partial charge in [0.15, 0.2) is 0 Å². The van der Waals surface area contributed by atoms with Crippen LogP contribution in [-0.2, 0) is 0 Å². The third-order valence-corrected chi connectivity index (χ3v) is 2.95. The number of aromatic carboxylic acids is 1. The molecule has 2 heterocycles. The van der Waals surface area contributed by atoms with Crippen molar-refractivity contribution in [2.75, 3.05) is 0 Å². The van der Waals surface area contributed by atoms with Gasteiger partial charge < -0.3 is 10.1 Å². The second-order valence-corrected chi connectivity index (χ2v) is 4.17. The van der Waals surface area contributed by atoms with Crippen molar-refractivity contribution in [3.63, 3.8) is 0 Å². The first kappa shape index (κ1) is 11.3. The van der Waals surface area contributed by atoms with Crippen LogP contribution in [-0.4, -0.2) is 20.5 Å². The topological polar surface area (TPSA) is 74.6 Å². The lowest BCUT2D eigenvalue weighted by Gasteiger charge is -1.98. The summed E-state index contributed by atoms with van der Waals surface area (Å²) in [6, 6.07) is 11.5. The summed E-state index contributed by atoms with van der Waals surface area (Å²) in [4.78, 5) is 25.5. The van der Waals surface area contributed by atoms with Gasteiger partial charge in [0.05, 0.1) is 11.3 Å². The van der Waals surface area contributed by atoms with E-state index in [1.54, 1.807) is 30.5 Å². The lowest BCUT2D eigenvalue weighted by molar-refractivity contribution is 0.0697. The number of nitrogens with zero attached hydrogens (tertiary/aromatic N) is 1. The fourth-order valence-electron chi connectivity index (χ4n) is 1.97. The Bertz CT molecular complexity index is 813. The molecule has 5 nitrogen and oxygen atoms in total. The normalized spacial score (nSPS) is 10.7. The summed E-state index contributed by atoms with van der Waals surface area (Å²) >= 11 is 0. The van der Waals surface area contributed by atoms with E-state index in [9.17, 15) is 9.59 Å². The molecule has 0 saturated carbocycles. The smallest absolute Gasteiger partial charge is 0.335 e. The number of carboxylic acids is 1. The van der Waals surface area contributed by atoms with Crippen LogP contribution in [0.15, 0.2) is 53.5 Å². The third-order valence-electron chi connectivity index (χ3n) is 2.95. The van der Waals surface area contributed by atoms with Gasteiger partial charge in [0.1, 0.15) is 5.65 Å². The van der Waals surface area contributed by atoms with Crippen molar-refractivity contribution < 1.29 is 9.90 Å². The van der Waals surface area contributed by atoms with E-state index in [2.05, 4.69) is 4.98 Å². The number of nitrogens with one attached hydrogen (secondary N) is 1. The minimum absolute atomic E-state index is 0.109. The van der Waals surface area contributed by atoms with E-state index < -0.39 is 5.97 Å². The van der Waals surface area contributed by atoms with Gasteiger partial charge in [-0.2, -0.15) is 0 Å². The number of aromatic amines is 1. The molecular weight excluding hydrogens is 244 g/mol. The first-order valence-corrected chi connectivity index (χ1v) is 5.69. The van der Waals surface area contributed by atoms with Crippen LogP contribution in [0, 0.1) is 0 Å². The van der Waals surface area contributed by atoms with Crippen molar-refractivity contribution in [2.45, 2.75) is 0 Å². The minimum atomic E-state index is -0.959. The van der Waals surface area contributed by atoms with Crippen LogP contribution in [0.25, 0.3) is 16.9 Å². The van der Waals surface area contributed by atoms with Gasteiger partial charge in [-0.3, -0.25) is 9.20 Å². The van der Waals surface area contributed by atoms with Gasteiger partial charge in [-0.05, 0) is 23.8 Å². The number of carbonyl (C=O) groups is 1. The average Bonchev–Trinajstić information content (AvgIpc) is 2.84. The quantitative estimate of drug-likeness (QED) is 0.734. The molecule has 19 heavy (non-hydrogen) atoms. The number of imidazole rings is 1. The Hall–Kier alpha value is -2.82. The molecule has 0 fully saturated rings. The van der Waals surface area contributed by atoms with E-state index in [4.69, 9.17) is 5.11 Å². The number of hydrogen-bond acceptors (Lipinski definition) is 2. The highest BCUT2D eigenvalue weighted by Gasteiger charge is 2.06. The van der Waals surface area contributed by atoms with Crippen molar-refractivity contribution in [2.24, 2.45) is 0 Å². The number of fused-ring (bicyclic) bond motifs is 1. The molecule has 3 rings (SSSR count). The van der Waals surface area contributed by atoms with Gasteiger partial charge >= 0.3 is 5.97 Å². The zero-order valence-corrected chi connectivity index (χ0v) is 9.83. The Kier molecular flexibility index (Phi) is 2.45. The van der Waals surface area contributed by atoms with E-state index in [0.717, 1.165) is 11.3 Å². The molecule has 0 amide bonds. The zero-order valence-electron chi connectivity index (χ0n) is 9.83. The Morgan fingerprint density at radius 2 is 1.84 bits per heavy atom. The summed E-state index contributed by atoms with van der Waals surface area (Å²) in [7, 11) is 0. The van der Waals surface area contributed by atoms with Crippen LogP contribution in [0.1, 0.15) is 10.4 Å². The summed E-state index contributed by atoms with van der Waals surface area (Å²) < 4.78 is 1.51. The Balaban J connectivity index is 2.11. The SMILES string of the molecule is O=C(O)c1ccc(-c2cn3c(=O)cccc3[nH]2)cc1. The van der Waals surface area contributed by atoms with E-state index >= 15 is 0 Å². The second kappa shape index (κ2) is 4.13. The van der Waals surface area contributed by atoms with Gasteiger partial charge in [0, 0.05) is 12.3 Å². The standard InChI is InChI=1S/C14H10N2O3/c17-13-3-1-2-12-15-11(8-16(12)13)9-4-6-10(7-5-9)14(18)19/h1-8,15H,(H,18,19). The molecule has 2 aromatic heterocycles. The fraction of sp³-hybridized carbons (Fsp3) is 0. The van der Waals surface area contributed by atoms with Gasteiger partial charge in [0.2, 0.25) is 0 Å². The van der Waals surface area contributed by atoms with Gasteiger partial charge in [0.25, 0.3) is 5.56 Å². The molecule has 2 N–H and O–H groups in total. The Morgan fingerprint density at radius 1 is 1.11 bits per heavy atom. The lowest BCUT2D eigenvalue weighted by atomic mass is 10.1. The third kappa shape index (κ3) is 1.91. The average molecular weight is 254 g/mol. The Morgan fingerprint density at radius 3 is 2.47 bits per heavy atom. The summed E-state index contributed by atoms with van der Waals surface area (Å²) in [6.45, 7) is 0. The molecule has 0 radical (unpaired) electrons. The highest BCUT2D eigenvalue weighted by Crippen LogP contribution is 2.18. The largest absolute Gasteiger partial charge is 0.478 e. The van der Waals surface area contributed by atoms with Gasteiger partial charge in [-0.25, -0.2) is 4.79 Å². The molecule has 0 unspecified atom stereocenters. The summed E-state index contributed by atoms with van der Waals surface area (Å²) in [5, 5.41) is 8.84. The molecule has 0 aliphatic rings. The van der Waals surface area contributed by atoms with Crippen LogP contribution >= 0.6 is 0 Å². The predicted molar refractivity (Wildman–Crippen MR) is 70.4 cm³/mol. The molecular formula is C14H10N2O3. The number of pyridine rings is 1. The maximum Gasteiger partial charge on any atom is 0.335 e. The predicted octanol–water partition coefficient (Wildman–Crippen LogP) is 1.99. The lowest BCUT2D eigenvalue weighted by Crippen LogP contribution is -2.08. The van der Waals surface area contributed by atoms with Gasteiger partial charge in [-0.1, -0.05) is 18.2 Å². The van der Waals surface area contributed by atoms with E-state index in [1.807, 2.05) is 0 Å². The maximum absolute atomic E-state index is 11.6. The van der Waals surface area contributed by atoms with Crippen LogP contribution in [0.4, 0.5) is 0 Å². The van der Waals surface area contributed by atoms with Crippen LogP contribution in [0.5, 0.6) is 0 Å². The number of aromatic nitrogens is 2. The maximum atomic E-state index is 11.6. The number of benzene rings is 1. The van der Waals surface area contributed by atoms with Crippen LogP contribution in [0.3, 0.4) is 0 Å². The van der Waals surface area contributed by atoms with Crippen molar-refractivity contribution >= 4 is 11.6 Å². The first-order valence-electron chi connectivity index (χ1n) is 5.69. The minimum Gasteiger partial charge on any atom is -0.478 e. The number of carboxylic acid groups (broad SMARTS) is 1. The summed E-state index contributed by atoms with van der Waals surface area (Å²) in [5.41, 5.74) is 2.41. The zero-order chi connectivity index (χ0) is 13.4. The number of H-pyrrole nitrogens is 1. The Labute approximate surface area is 107 Å². The number of rotatable bonds is 2. The molecule has 3 aromatic rings. The van der Waals surface area contributed by atoms with E-state index in [-0.39, 0.29) is 11.1 Å². The summed E-state index contributed by atoms with van der Waals surface area (Å²) in [6.07, 6.45) is 1.70. The molecule has 0 bridgehead atoms. The summed E-state index contributed by atoms with van der Waals surface area (Å²) in [5.74, 6) is -0.959. The molecule has 0 aliphatic carbocycles. The van der Waals surface area contributed by atoms with Crippen molar-refractivity contribution in [3.05, 3.63) is 64.6 Å². The van der Waals surface area contributed by atoms with Crippen molar-refractivity contribution in [1.29, 1.82) is 0 Å². The molecule has 0 spiro atoms. The monoisotopic (exact) mass is 254 g/mol. The fourth-order valence-corrected chi connectivity index (χ4v) is 1.97. The highest BCUT2D eigenvalue weighted by molar-refractivity contribution is 5.88. The van der Waals surface area contributed by atoms with Crippen molar-refractivity contribution in [3.8, 4) is 11.3 Å². The van der Waals surface area contributed by atoms with Crippen LogP contribution in [0.2, 0.25) is 0 Å². The molecule has 0 saturated heterocycles. The molecule has 5 heteroatoms.